The predicted molar refractivity (Wildman–Crippen MR) is 219 cm³/mol. The Morgan fingerprint density at radius 2 is 1.00 bits per heavy atom. The highest BCUT2D eigenvalue weighted by Gasteiger charge is 2.52. The van der Waals surface area contributed by atoms with Crippen molar-refractivity contribution in [3.63, 3.8) is 0 Å². The van der Waals surface area contributed by atoms with Gasteiger partial charge in [0.15, 0.2) is 0 Å². The SMILES string of the molecule is CC(C)(C)c1ccc(C2=NNC(c3ccc4c(c3)C3(c5ccccc5-c5ccc(-c6nnc(-c7ccc(C(C)(C)C)cc7)o6)cc53)c3ccccc3-4)O2)cc1. The fraction of sp³-hybridized carbons (Fsp3) is 0.204. The lowest BCUT2D eigenvalue weighted by atomic mass is 9.70. The summed E-state index contributed by atoms with van der Waals surface area (Å²) in [6.45, 7) is 13.3. The van der Waals surface area contributed by atoms with E-state index in [1.54, 1.807) is 0 Å². The number of hydrogen-bond acceptors (Lipinski definition) is 6. The minimum Gasteiger partial charge on any atom is -0.446 e. The Bertz CT molecular complexity index is 2660. The zero-order valence-electron chi connectivity index (χ0n) is 31.9. The lowest BCUT2D eigenvalue weighted by Gasteiger charge is -2.31. The van der Waals surface area contributed by atoms with Crippen LogP contribution in [0.25, 0.3) is 45.2 Å². The molecule has 1 N–H and O–H groups in total. The number of hydrazone groups is 1. The molecule has 0 saturated carbocycles. The second kappa shape index (κ2) is 11.9. The maximum Gasteiger partial charge on any atom is 0.248 e. The van der Waals surface area contributed by atoms with E-state index in [1.807, 2.05) is 0 Å². The molecule has 1 aromatic heterocycles. The quantitative estimate of drug-likeness (QED) is 0.196. The molecule has 0 radical (unpaired) electrons. The van der Waals surface area contributed by atoms with Crippen LogP contribution >= 0.6 is 0 Å². The third kappa shape index (κ3) is 5.11. The van der Waals surface area contributed by atoms with E-state index in [0.29, 0.717) is 17.7 Å². The molecule has 270 valence electrons. The molecule has 6 heteroatoms. The summed E-state index contributed by atoms with van der Waals surface area (Å²) in [6.07, 6.45) is -0.430. The monoisotopic (exact) mass is 718 g/mol. The molecule has 2 unspecified atom stereocenters. The molecule has 0 saturated heterocycles. The first-order valence-corrected chi connectivity index (χ1v) is 19.0. The van der Waals surface area contributed by atoms with Gasteiger partial charge < -0.3 is 9.15 Å². The van der Waals surface area contributed by atoms with E-state index < -0.39 is 11.6 Å². The van der Waals surface area contributed by atoms with Crippen LogP contribution in [-0.4, -0.2) is 16.1 Å². The number of aromatic nitrogens is 2. The molecule has 6 aromatic carbocycles. The minimum atomic E-state index is -0.569. The van der Waals surface area contributed by atoms with Crippen molar-refractivity contribution in [1.82, 2.24) is 15.6 Å². The number of nitrogens with zero attached hydrogens (tertiary/aromatic N) is 3. The molecule has 2 heterocycles. The van der Waals surface area contributed by atoms with Crippen LogP contribution in [0.1, 0.15) is 92.3 Å². The summed E-state index contributed by atoms with van der Waals surface area (Å²) in [5.41, 5.74) is 18.9. The van der Waals surface area contributed by atoms with Crippen molar-refractivity contribution in [2.45, 2.75) is 64.0 Å². The van der Waals surface area contributed by atoms with E-state index in [-0.39, 0.29) is 10.8 Å². The minimum absolute atomic E-state index is 0.0605. The van der Waals surface area contributed by atoms with Gasteiger partial charge in [0.2, 0.25) is 23.9 Å². The fourth-order valence-electron chi connectivity index (χ4n) is 8.69. The van der Waals surface area contributed by atoms with E-state index in [1.165, 1.54) is 55.6 Å². The summed E-state index contributed by atoms with van der Waals surface area (Å²) < 4.78 is 12.9. The predicted octanol–water partition coefficient (Wildman–Crippen LogP) is 11.3. The molecule has 55 heavy (non-hydrogen) atoms. The maximum atomic E-state index is 6.54. The Kier molecular flexibility index (Phi) is 7.19. The van der Waals surface area contributed by atoms with Crippen LogP contribution in [0.15, 0.2) is 143 Å². The van der Waals surface area contributed by atoms with Gasteiger partial charge in [-0.25, -0.2) is 0 Å². The highest BCUT2D eigenvalue weighted by Crippen LogP contribution is 2.63. The molecule has 3 aliphatic rings. The first-order chi connectivity index (χ1) is 26.5. The van der Waals surface area contributed by atoms with Crippen molar-refractivity contribution in [2.75, 3.05) is 0 Å². The molecule has 7 aromatic rings. The van der Waals surface area contributed by atoms with Gasteiger partial charge >= 0.3 is 0 Å². The van der Waals surface area contributed by atoms with Gasteiger partial charge in [-0.05, 0) is 109 Å². The Labute approximate surface area is 322 Å². The van der Waals surface area contributed by atoms with E-state index in [4.69, 9.17) is 9.15 Å². The molecule has 1 aliphatic heterocycles. The molecule has 1 spiro atoms. The van der Waals surface area contributed by atoms with Crippen molar-refractivity contribution in [2.24, 2.45) is 5.10 Å². The highest BCUT2D eigenvalue weighted by atomic mass is 16.5. The zero-order chi connectivity index (χ0) is 37.7. The highest BCUT2D eigenvalue weighted by molar-refractivity contribution is 5.97. The summed E-state index contributed by atoms with van der Waals surface area (Å²) in [6, 6.07) is 47.9. The largest absolute Gasteiger partial charge is 0.446 e. The van der Waals surface area contributed by atoms with Gasteiger partial charge in [0.1, 0.15) is 0 Å². The van der Waals surface area contributed by atoms with Crippen LogP contribution in [0.3, 0.4) is 0 Å². The van der Waals surface area contributed by atoms with Crippen LogP contribution in [-0.2, 0) is 21.0 Å². The van der Waals surface area contributed by atoms with Crippen LogP contribution in [0, 0.1) is 0 Å². The normalized spacial score (nSPS) is 17.9. The van der Waals surface area contributed by atoms with Crippen LogP contribution in [0.4, 0.5) is 0 Å². The first kappa shape index (κ1) is 33.3. The fourth-order valence-corrected chi connectivity index (χ4v) is 8.69. The van der Waals surface area contributed by atoms with Gasteiger partial charge in [-0.2, -0.15) is 0 Å². The van der Waals surface area contributed by atoms with Gasteiger partial charge in [0.05, 0.1) is 5.41 Å². The topological polar surface area (TPSA) is 72.5 Å². The number of nitrogens with one attached hydrogen (secondary N) is 1. The number of fused-ring (bicyclic) bond motifs is 10. The van der Waals surface area contributed by atoms with Gasteiger partial charge in [-0.1, -0.05) is 133 Å². The number of benzene rings is 6. The summed E-state index contributed by atoms with van der Waals surface area (Å²) >= 11 is 0. The van der Waals surface area contributed by atoms with E-state index >= 15 is 0 Å². The van der Waals surface area contributed by atoms with Crippen molar-refractivity contribution < 1.29 is 9.15 Å². The van der Waals surface area contributed by atoms with Crippen molar-refractivity contribution in [3.8, 4) is 45.2 Å². The number of hydrogen-bond donors (Lipinski definition) is 1. The summed E-state index contributed by atoms with van der Waals surface area (Å²) in [4.78, 5) is 0. The van der Waals surface area contributed by atoms with Gasteiger partial charge in [-0.15, -0.1) is 15.3 Å². The Balaban J connectivity index is 1.07. The van der Waals surface area contributed by atoms with E-state index in [2.05, 4.69) is 196 Å². The molecule has 0 bridgehead atoms. The van der Waals surface area contributed by atoms with Crippen LogP contribution < -0.4 is 5.43 Å². The maximum absolute atomic E-state index is 6.54. The molecular weight excluding hydrogens is 677 g/mol. The van der Waals surface area contributed by atoms with E-state index in [0.717, 1.165) is 22.3 Å². The third-order valence-corrected chi connectivity index (χ3v) is 11.6. The molecule has 10 rings (SSSR count). The van der Waals surface area contributed by atoms with Gasteiger partial charge in [0.25, 0.3) is 0 Å². The smallest absolute Gasteiger partial charge is 0.248 e. The first-order valence-electron chi connectivity index (χ1n) is 19.0. The van der Waals surface area contributed by atoms with Crippen molar-refractivity contribution in [3.05, 3.63) is 178 Å². The second-order valence-electron chi connectivity index (χ2n) is 17.0. The molecular formula is C49H42N4O2. The summed E-state index contributed by atoms with van der Waals surface area (Å²) in [5.74, 6) is 1.59. The molecule has 6 nitrogen and oxygen atoms in total. The standard InChI is InChI=1S/C49H42N4O2/c1-47(2,3)33-21-15-29(16-22-33)43-50-52-45(54-43)31-19-25-37-35-11-7-9-13-39(35)49(41(37)27-31)40-14-10-8-12-36(40)38-26-20-32(28-42(38)49)46-53-51-44(55-46)30-17-23-34(24-18-30)48(4,5)6/h7-28,45,52H,1-6H3. The average Bonchev–Trinajstić information content (AvgIpc) is 3.99. The van der Waals surface area contributed by atoms with Crippen LogP contribution in [0.2, 0.25) is 0 Å². The van der Waals surface area contributed by atoms with E-state index in [9.17, 15) is 0 Å². The Morgan fingerprint density at radius 3 is 1.60 bits per heavy atom. The Morgan fingerprint density at radius 1 is 0.509 bits per heavy atom. The van der Waals surface area contributed by atoms with Gasteiger partial charge in [-0.3, -0.25) is 5.43 Å². The third-order valence-electron chi connectivity index (χ3n) is 11.6. The van der Waals surface area contributed by atoms with Crippen molar-refractivity contribution >= 4 is 5.90 Å². The molecule has 0 amide bonds. The summed E-state index contributed by atoms with van der Waals surface area (Å²) in [5, 5.41) is 13.7. The van der Waals surface area contributed by atoms with Gasteiger partial charge in [0, 0.05) is 22.3 Å². The average molecular weight is 719 g/mol. The lowest BCUT2D eigenvalue weighted by molar-refractivity contribution is 0.191. The number of ether oxygens (including phenoxy) is 1. The molecule has 0 fully saturated rings. The number of rotatable bonds is 4. The van der Waals surface area contributed by atoms with Crippen LogP contribution in [0.5, 0.6) is 0 Å². The lowest BCUT2D eigenvalue weighted by Crippen LogP contribution is -2.26. The molecule has 2 atom stereocenters. The summed E-state index contributed by atoms with van der Waals surface area (Å²) in [7, 11) is 0. The Hall–Kier alpha value is -6.27. The van der Waals surface area contributed by atoms with Crippen molar-refractivity contribution in [1.29, 1.82) is 0 Å². The molecule has 2 aliphatic carbocycles. The zero-order valence-corrected chi connectivity index (χ0v) is 31.9. The second-order valence-corrected chi connectivity index (χ2v) is 17.0.